The molecule has 3 aromatic rings. The van der Waals surface area contributed by atoms with Gasteiger partial charge in [-0.05, 0) is 43.7 Å². The number of hydrogen-bond donors (Lipinski definition) is 0. The average Bonchev–Trinajstić information content (AvgIpc) is 2.80. The molecule has 1 unspecified atom stereocenters. The van der Waals surface area contributed by atoms with E-state index in [1.807, 2.05) is 24.3 Å². The maximum absolute atomic E-state index is 12.9. The SMILES string of the molecule is CC(c1ccc(Cl)cc1)N1CCN(c2c(C#N)c(=O)n(C)c3ccc(C#N)nc23)C[C@H]1C. The molecule has 162 valence electrons. The predicted octanol–water partition coefficient (Wildman–Crippen LogP) is 3.60. The van der Waals surface area contributed by atoms with Crippen molar-refractivity contribution < 1.29 is 0 Å². The van der Waals surface area contributed by atoms with Crippen molar-refractivity contribution in [3.8, 4) is 12.1 Å². The number of halogens is 1. The van der Waals surface area contributed by atoms with Gasteiger partial charge >= 0.3 is 0 Å². The summed E-state index contributed by atoms with van der Waals surface area (Å²) >= 11 is 6.04. The summed E-state index contributed by atoms with van der Waals surface area (Å²) in [6.45, 7) is 6.34. The summed E-state index contributed by atoms with van der Waals surface area (Å²) in [4.78, 5) is 21.8. The Morgan fingerprint density at radius 2 is 1.84 bits per heavy atom. The minimum Gasteiger partial charge on any atom is -0.366 e. The normalized spacial score (nSPS) is 17.7. The number of hydrogen-bond acceptors (Lipinski definition) is 6. The van der Waals surface area contributed by atoms with Crippen LogP contribution in [0.15, 0.2) is 41.2 Å². The highest BCUT2D eigenvalue weighted by Gasteiger charge is 2.31. The molecule has 7 nitrogen and oxygen atoms in total. The van der Waals surface area contributed by atoms with E-state index in [0.29, 0.717) is 34.8 Å². The lowest BCUT2D eigenvalue weighted by molar-refractivity contribution is 0.138. The maximum Gasteiger partial charge on any atom is 0.270 e. The van der Waals surface area contributed by atoms with Crippen LogP contribution in [0.25, 0.3) is 11.0 Å². The third-order valence-corrected chi connectivity index (χ3v) is 6.54. The summed E-state index contributed by atoms with van der Waals surface area (Å²) < 4.78 is 1.42. The Morgan fingerprint density at radius 3 is 2.47 bits per heavy atom. The number of benzene rings is 1. The highest BCUT2D eigenvalue weighted by Crippen LogP contribution is 2.32. The first-order chi connectivity index (χ1) is 15.3. The fourth-order valence-electron chi connectivity index (χ4n) is 4.55. The zero-order valence-corrected chi connectivity index (χ0v) is 19.0. The first-order valence-corrected chi connectivity index (χ1v) is 10.8. The third kappa shape index (κ3) is 3.71. The van der Waals surface area contributed by atoms with Crippen LogP contribution in [0, 0.1) is 22.7 Å². The molecule has 0 saturated carbocycles. The lowest BCUT2D eigenvalue weighted by Crippen LogP contribution is -2.53. The Hall–Kier alpha value is -3.39. The van der Waals surface area contributed by atoms with Gasteiger partial charge in [-0.25, -0.2) is 4.98 Å². The second kappa shape index (κ2) is 8.63. The van der Waals surface area contributed by atoms with Gasteiger partial charge in [-0.3, -0.25) is 9.69 Å². The summed E-state index contributed by atoms with van der Waals surface area (Å²) in [5.74, 6) is 0. The zero-order chi connectivity index (χ0) is 23.0. The number of pyridine rings is 2. The summed E-state index contributed by atoms with van der Waals surface area (Å²) in [7, 11) is 1.62. The van der Waals surface area contributed by atoms with E-state index in [0.717, 1.165) is 6.54 Å². The van der Waals surface area contributed by atoms with E-state index < -0.39 is 0 Å². The van der Waals surface area contributed by atoms with Crippen molar-refractivity contribution in [3.05, 3.63) is 68.6 Å². The molecule has 4 rings (SSSR count). The summed E-state index contributed by atoms with van der Waals surface area (Å²) in [5, 5.41) is 19.9. The van der Waals surface area contributed by atoms with Crippen LogP contribution in [0.1, 0.15) is 36.7 Å². The van der Waals surface area contributed by atoms with Crippen LogP contribution in [-0.4, -0.2) is 40.1 Å². The molecule has 1 fully saturated rings. The van der Waals surface area contributed by atoms with Gasteiger partial charge in [-0.1, -0.05) is 23.7 Å². The quantitative estimate of drug-likeness (QED) is 0.610. The number of nitrogens with zero attached hydrogens (tertiary/aromatic N) is 6. The number of rotatable bonds is 3. The van der Waals surface area contributed by atoms with Crippen molar-refractivity contribution in [2.24, 2.45) is 7.05 Å². The van der Waals surface area contributed by atoms with Crippen molar-refractivity contribution in [2.75, 3.05) is 24.5 Å². The van der Waals surface area contributed by atoms with Crippen LogP contribution in [0.3, 0.4) is 0 Å². The van der Waals surface area contributed by atoms with Crippen LogP contribution in [0.4, 0.5) is 5.69 Å². The Bertz CT molecular complexity index is 1320. The van der Waals surface area contributed by atoms with Crippen molar-refractivity contribution >= 4 is 28.3 Å². The molecular weight excluding hydrogens is 424 g/mol. The van der Waals surface area contributed by atoms with Gasteiger partial charge in [0.15, 0.2) is 0 Å². The van der Waals surface area contributed by atoms with E-state index in [4.69, 9.17) is 11.6 Å². The van der Waals surface area contributed by atoms with E-state index in [2.05, 4.69) is 40.8 Å². The van der Waals surface area contributed by atoms with Gasteiger partial charge in [-0.15, -0.1) is 0 Å². The van der Waals surface area contributed by atoms with E-state index in [9.17, 15) is 15.3 Å². The Balaban J connectivity index is 1.73. The highest BCUT2D eigenvalue weighted by molar-refractivity contribution is 6.30. The fraction of sp³-hybridized carbons (Fsp3) is 0.333. The fourth-order valence-corrected chi connectivity index (χ4v) is 4.67. The molecule has 0 amide bonds. The number of aryl methyl sites for hydroxylation is 1. The molecule has 0 aliphatic carbocycles. The molecule has 2 aromatic heterocycles. The van der Waals surface area contributed by atoms with E-state index in [-0.39, 0.29) is 28.9 Å². The first kappa shape index (κ1) is 21.8. The Kier molecular flexibility index (Phi) is 5.88. The van der Waals surface area contributed by atoms with E-state index >= 15 is 0 Å². The first-order valence-electron chi connectivity index (χ1n) is 10.5. The van der Waals surface area contributed by atoms with Crippen LogP contribution in [0.5, 0.6) is 0 Å². The molecule has 0 spiro atoms. The van der Waals surface area contributed by atoms with Crippen molar-refractivity contribution in [3.63, 3.8) is 0 Å². The number of piperazine rings is 1. The maximum atomic E-state index is 12.9. The smallest absolute Gasteiger partial charge is 0.270 e. The second-order valence-corrected chi connectivity index (χ2v) is 8.57. The molecule has 1 aromatic carbocycles. The van der Waals surface area contributed by atoms with Crippen LogP contribution < -0.4 is 10.5 Å². The van der Waals surface area contributed by atoms with Gasteiger partial charge in [0.05, 0.1) is 11.2 Å². The Morgan fingerprint density at radius 1 is 1.12 bits per heavy atom. The molecule has 0 bridgehead atoms. The minimum atomic E-state index is -0.355. The predicted molar refractivity (Wildman–Crippen MR) is 125 cm³/mol. The molecular formula is C24H23ClN6O. The molecule has 0 N–H and O–H groups in total. The van der Waals surface area contributed by atoms with Gasteiger partial charge < -0.3 is 9.47 Å². The molecule has 32 heavy (non-hydrogen) atoms. The Labute approximate surface area is 191 Å². The minimum absolute atomic E-state index is 0.0639. The monoisotopic (exact) mass is 446 g/mol. The van der Waals surface area contributed by atoms with Crippen molar-refractivity contribution in [2.45, 2.75) is 25.9 Å². The second-order valence-electron chi connectivity index (χ2n) is 8.14. The van der Waals surface area contributed by atoms with Crippen molar-refractivity contribution in [1.29, 1.82) is 10.5 Å². The topological polar surface area (TPSA) is 89.0 Å². The molecule has 1 saturated heterocycles. The van der Waals surface area contributed by atoms with Crippen LogP contribution >= 0.6 is 11.6 Å². The molecule has 3 heterocycles. The summed E-state index contributed by atoms with van der Waals surface area (Å²) in [6.07, 6.45) is 0. The van der Waals surface area contributed by atoms with Crippen LogP contribution in [0.2, 0.25) is 5.02 Å². The van der Waals surface area contributed by atoms with Gasteiger partial charge in [0.1, 0.15) is 28.9 Å². The largest absolute Gasteiger partial charge is 0.366 e. The summed E-state index contributed by atoms with van der Waals surface area (Å²) in [5.41, 5.74) is 2.78. The number of nitriles is 2. The van der Waals surface area contributed by atoms with Gasteiger partial charge in [0.2, 0.25) is 0 Å². The molecule has 1 aliphatic rings. The zero-order valence-electron chi connectivity index (χ0n) is 18.2. The van der Waals surface area contributed by atoms with Crippen LogP contribution in [-0.2, 0) is 7.05 Å². The number of aromatic nitrogens is 2. The third-order valence-electron chi connectivity index (χ3n) is 6.29. The lowest BCUT2D eigenvalue weighted by atomic mass is 10.0. The molecule has 2 atom stereocenters. The van der Waals surface area contributed by atoms with E-state index in [1.54, 1.807) is 19.2 Å². The lowest BCUT2D eigenvalue weighted by Gasteiger charge is -2.44. The number of fused-ring (bicyclic) bond motifs is 1. The average molecular weight is 447 g/mol. The highest BCUT2D eigenvalue weighted by atomic mass is 35.5. The van der Waals surface area contributed by atoms with Crippen molar-refractivity contribution in [1.82, 2.24) is 14.5 Å². The summed E-state index contributed by atoms with van der Waals surface area (Å²) in [6, 6.07) is 15.7. The number of anilines is 1. The molecule has 1 aliphatic heterocycles. The molecule has 8 heteroatoms. The molecule has 0 radical (unpaired) electrons. The van der Waals surface area contributed by atoms with Gasteiger partial charge in [0, 0.05) is 43.8 Å². The van der Waals surface area contributed by atoms with E-state index in [1.165, 1.54) is 10.1 Å². The van der Waals surface area contributed by atoms with Gasteiger partial charge in [-0.2, -0.15) is 10.5 Å². The standard InChI is InChI=1S/C24H23ClN6O/c1-15-14-30(10-11-31(15)16(2)17-4-6-18(25)7-5-17)23-20(13-27)24(32)29(3)21-9-8-19(12-26)28-22(21)23/h4-9,15-16H,10-11,14H2,1-3H3/t15-,16?/m1/s1. The van der Waals surface area contributed by atoms with Gasteiger partial charge in [0.25, 0.3) is 5.56 Å².